The zero-order valence-electron chi connectivity index (χ0n) is 24.1. The number of alkyl halides is 3. The Morgan fingerprint density at radius 1 is 0.857 bits per heavy atom. The minimum Gasteiger partial charge on any atom is -0.455 e. The minimum absolute atomic E-state index is 0.103. The van der Waals surface area contributed by atoms with Crippen LogP contribution in [0, 0.1) is 6.92 Å². The summed E-state index contributed by atoms with van der Waals surface area (Å²) in [5.41, 5.74) is 6.45. The van der Waals surface area contributed by atoms with Crippen molar-refractivity contribution in [3.63, 3.8) is 0 Å². The monoisotopic (exact) mass is 570 g/mol. The van der Waals surface area contributed by atoms with Crippen molar-refractivity contribution < 1.29 is 22.4 Å². The van der Waals surface area contributed by atoms with E-state index in [0.717, 1.165) is 50.4 Å². The second-order valence-corrected chi connectivity index (χ2v) is 11.3. The summed E-state index contributed by atoms with van der Waals surface area (Å²) in [4.78, 5) is 18.8. The van der Waals surface area contributed by atoms with Crippen molar-refractivity contribution in [3.8, 4) is 11.1 Å². The van der Waals surface area contributed by atoms with Crippen molar-refractivity contribution in [1.29, 1.82) is 0 Å². The number of aromatic nitrogens is 1. The summed E-state index contributed by atoms with van der Waals surface area (Å²) in [5.74, 6) is -0.645. The summed E-state index contributed by atoms with van der Waals surface area (Å²) >= 11 is 0. The third-order valence-electron chi connectivity index (χ3n) is 7.99. The van der Waals surface area contributed by atoms with Gasteiger partial charge in [0.2, 0.25) is 5.76 Å². The molecule has 0 spiro atoms. The first-order chi connectivity index (χ1) is 19.9. The average Bonchev–Trinajstić information content (AvgIpc) is 3.44. The van der Waals surface area contributed by atoms with E-state index in [1.54, 1.807) is 13.1 Å². The highest BCUT2D eigenvalue weighted by molar-refractivity contribution is 5.87. The number of halogens is 3. The fourth-order valence-corrected chi connectivity index (χ4v) is 5.11. The van der Waals surface area contributed by atoms with Crippen molar-refractivity contribution in [2.45, 2.75) is 58.9 Å². The molecule has 0 unspecified atom stereocenters. The van der Waals surface area contributed by atoms with Gasteiger partial charge >= 0.3 is 6.18 Å². The molecule has 0 aliphatic rings. The number of nitrogens with zero attached hydrogens (tertiary/aromatic N) is 2. The predicted molar refractivity (Wildman–Crippen MR) is 159 cm³/mol. The molecule has 5 rings (SSSR count). The number of Topliss-reactive ketones (excluding diaryl/α,β-unsaturated/α-hetero) is 1. The third kappa shape index (κ3) is 6.31. The number of aryl methyl sites for hydroxylation is 1. The molecule has 3 aromatic carbocycles. The molecule has 7 heteroatoms. The molecule has 0 aliphatic heterocycles. The van der Waals surface area contributed by atoms with Crippen LogP contribution >= 0.6 is 0 Å². The van der Waals surface area contributed by atoms with E-state index in [1.807, 2.05) is 87.5 Å². The topological polar surface area (TPSA) is 46.3 Å². The number of benzene rings is 3. The summed E-state index contributed by atoms with van der Waals surface area (Å²) in [6.45, 7) is 8.70. The van der Waals surface area contributed by atoms with Gasteiger partial charge in [-0.05, 0) is 85.3 Å². The lowest BCUT2D eigenvalue weighted by atomic mass is 9.80. The molecule has 4 nitrogen and oxygen atoms in total. The zero-order chi connectivity index (χ0) is 30.1. The summed E-state index contributed by atoms with van der Waals surface area (Å²) in [6, 6.07) is 26.4. The first-order valence-electron chi connectivity index (χ1n) is 13.8. The summed E-state index contributed by atoms with van der Waals surface area (Å²) in [5, 5.41) is 1.02. The van der Waals surface area contributed by atoms with Crippen molar-refractivity contribution in [2.24, 2.45) is 0 Å². The molecule has 0 atom stereocenters. The van der Waals surface area contributed by atoms with E-state index in [4.69, 9.17) is 4.42 Å². The van der Waals surface area contributed by atoms with Crippen LogP contribution in [0.25, 0.3) is 22.0 Å². The lowest BCUT2D eigenvalue weighted by molar-refractivity contribution is -0.153. The number of hydrogen-bond donors (Lipinski definition) is 0. The Balaban J connectivity index is 1.43. The second-order valence-electron chi connectivity index (χ2n) is 11.3. The molecule has 0 radical (unpaired) electrons. The van der Waals surface area contributed by atoms with E-state index in [0.29, 0.717) is 13.1 Å². The highest BCUT2D eigenvalue weighted by Crippen LogP contribution is 2.32. The largest absolute Gasteiger partial charge is 0.455 e. The van der Waals surface area contributed by atoms with Gasteiger partial charge in [0.1, 0.15) is 11.5 Å². The van der Waals surface area contributed by atoms with Gasteiger partial charge in [0.05, 0.1) is 12.1 Å². The molecular formula is C35H33F3N2O2. The maximum absolute atomic E-state index is 13.2. The second kappa shape index (κ2) is 11.6. The smallest absolute Gasteiger partial charge is 0.449 e. The minimum atomic E-state index is -4.53. The Hall–Kier alpha value is -4.23. The van der Waals surface area contributed by atoms with Crippen molar-refractivity contribution in [3.05, 3.63) is 125 Å². The first kappa shape index (κ1) is 29.3. The fourth-order valence-electron chi connectivity index (χ4n) is 5.11. The fraction of sp³-hybridized carbons (Fsp3) is 0.257. The van der Waals surface area contributed by atoms with Gasteiger partial charge < -0.3 is 4.42 Å². The van der Waals surface area contributed by atoms with Crippen LogP contribution < -0.4 is 0 Å². The molecule has 0 bridgehead atoms. The van der Waals surface area contributed by atoms with E-state index < -0.39 is 17.4 Å². The van der Waals surface area contributed by atoms with E-state index in [1.165, 1.54) is 6.07 Å². The number of pyridine rings is 1. The molecule has 0 amide bonds. The molecule has 0 saturated carbocycles. The SMILES string of the molecule is CC(=O)C(C)(C)c1cccc(-c2ccc(CN(Cc3ccc(C(F)(F)F)o3)Cc3c(C)ccc4ncccc34)cc2)c1. The van der Waals surface area contributed by atoms with Gasteiger partial charge in [-0.3, -0.25) is 14.7 Å². The van der Waals surface area contributed by atoms with Crippen LogP contribution in [0.1, 0.15) is 54.5 Å². The van der Waals surface area contributed by atoms with Crippen LogP contribution in [0.3, 0.4) is 0 Å². The van der Waals surface area contributed by atoms with Gasteiger partial charge in [0.15, 0.2) is 0 Å². The van der Waals surface area contributed by atoms with Crippen LogP contribution in [-0.2, 0) is 36.0 Å². The Bertz CT molecular complexity index is 1720. The van der Waals surface area contributed by atoms with Crippen LogP contribution in [0.5, 0.6) is 0 Å². The number of furan rings is 1. The normalized spacial score (nSPS) is 12.3. The number of ketones is 1. The van der Waals surface area contributed by atoms with Crippen LogP contribution in [-0.4, -0.2) is 15.7 Å². The summed E-state index contributed by atoms with van der Waals surface area (Å²) in [7, 11) is 0. The Labute approximate surface area is 243 Å². The van der Waals surface area contributed by atoms with Crippen molar-refractivity contribution in [2.75, 3.05) is 0 Å². The summed E-state index contributed by atoms with van der Waals surface area (Å²) in [6.07, 6.45) is -2.78. The third-order valence-corrected chi connectivity index (χ3v) is 7.99. The van der Waals surface area contributed by atoms with E-state index in [-0.39, 0.29) is 18.1 Å². The Kier molecular flexibility index (Phi) is 8.06. The average molecular weight is 571 g/mol. The molecule has 0 N–H and O–H groups in total. The number of rotatable bonds is 9. The van der Waals surface area contributed by atoms with Crippen molar-refractivity contribution >= 4 is 16.7 Å². The molecule has 0 saturated heterocycles. The van der Waals surface area contributed by atoms with Gasteiger partial charge in [-0.2, -0.15) is 13.2 Å². The molecule has 0 aliphatic carbocycles. The van der Waals surface area contributed by atoms with Gasteiger partial charge in [-0.1, -0.05) is 60.7 Å². The molecule has 0 fully saturated rings. The lowest BCUT2D eigenvalue weighted by Crippen LogP contribution is -2.26. The van der Waals surface area contributed by atoms with E-state index in [2.05, 4.69) is 16.0 Å². The van der Waals surface area contributed by atoms with Gasteiger partial charge in [-0.15, -0.1) is 0 Å². The molecule has 5 aromatic rings. The molecule has 2 aromatic heterocycles. The Morgan fingerprint density at radius 3 is 2.31 bits per heavy atom. The van der Waals surface area contributed by atoms with Gasteiger partial charge in [0, 0.05) is 30.1 Å². The number of fused-ring (bicyclic) bond motifs is 1. The molecule has 42 heavy (non-hydrogen) atoms. The van der Waals surface area contributed by atoms with Crippen LogP contribution in [0.4, 0.5) is 13.2 Å². The summed E-state index contributed by atoms with van der Waals surface area (Å²) < 4.78 is 44.9. The quantitative estimate of drug-likeness (QED) is 0.178. The van der Waals surface area contributed by atoms with Gasteiger partial charge in [-0.25, -0.2) is 0 Å². The predicted octanol–water partition coefficient (Wildman–Crippen LogP) is 8.89. The molecule has 216 valence electrons. The maximum atomic E-state index is 13.2. The maximum Gasteiger partial charge on any atom is 0.449 e. The number of carbonyl (C=O) groups is 1. The van der Waals surface area contributed by atoms with E-state index >= 15 is 0 Å². The number of hydrogen-bond acceptors (Lipinski definition) is 4. The van der Waals surface area contributed by atoms with Crippen molar-refractivity contribution in [1.82, 2.24) is 9.88 Å². The standard InChI is InChI=1S/C35H33F3N2O2/c1-23-10-16-32-30(9-6-18-39-32)31(23)22-40(21-29-15-17-33(42-29)35(36,37)38)20-25-11-13-26(14-12-25)27-7-5-8-28(19-27)34(3,4)24(2)41/h5-19H,20-22H2,1-4H3. The molecule has 2 heterocycles. The highest BCUT2D eigenvalue weighted by Gasteiger charge is 2.35. The zero-order valence-corrected chi connectivity index (χ0v) is 24.1. The van der Waals surface area contributed by atoms with Crippen LogP contribution in [0.15, 0.2) is 95.5 Å². The first-order valence-corrected chi connectivity index (χ1v) is 13.8. The lowest BCUT2D eigenvalue weighted by Gasteiger charge is -2.24. The highest BCUT2D eigenvalue weighted by atomic mass is 19.4. The number of carbonyl (C=O) groups excluding carboxylic acids is 1. The molecular weight excluding hydrogens is 537 g/mol. The van der Waals surface area contributed by atoms with Crippen LogP contribution in [0.2, 0.25) is 0 Å². The van der Waals surface area contributed by atoms with Gasteiger partial charge in [0.25, 0.3) is 0 Å². The Morgan fingerprint density at radius 2 is 1.62 bits per heavy atom. The van der Waals surface area contributed by atoms with E-state index in [9.17, 15) is 18.0 Å².